The Balaban J connectivity index is 4.03. The zero-order valence-electron chi connectivity index (χ0n) is 11.9. The van der Waals surface area contributed by atoms with Gasteiger partial charge in [-0.25, -0.2) is 0 Å². The average Bonchev–Trinajstić information content (AvgIpc) is 2.27. The van der Waals surface area contributed by atoms with Gasteiger partial charge in [-0.15, -0.1) is 13.2 Å². The molecule has 0 aromatic heterocycles. The van der Waals surface area contributed by atoms with Crippen LogP contribution >= 0.6 is 0 Å². The average molecular weight is 240 g/mol. The Kier molecular flexibility index (Phi) is 9.04. The molecule has 0 saturated heterocycles. The molecule has 100 valence electrons. The lowest BCUT2D eigenvalue weighted by atomic mass is 10.2. The van der Waals surface area contributed by atoms with Crippen LogP contribution in [-0.4, -0.2) is 63.3 Å². The maximum absolute atomic E-state index is 5.96. The highest BCUT2D eigenvalue weighted by Gasteiger charge is 2.12. The summed E-state index contributed by atoms with van der Waals surface area (Å²) in [6.07, 6.45) is 5.95. The van der Waals surface area contributed by atoms with Gasteiger partial charge in [0.15, 0.2) is 0 Å². The molecule has 3 heteroatoms. The van der Waals surface area contributed by atoms with E-state index >= 15 is 0 Å². The summed E-state index contributed by atoms with van der Waals surface area (Å²) in [5, 5.41) is 0. The minimum absolute atomic E-state index is 0.113. The lowest BCUT2D eigenvalue weighted by Gasteiger charge is -2.23. The van der Waals surface area contributed by atoms with E-state index in [-0.39, 0.29) is 12.2 Å². The Labute approximate surface area is 107 Å². The summed E-state index contributed by atoms with van der Waals surface area (Å²) in [6, 6.07) is 0. The predicted molar refractivity (Wildman–Crippen MR) is 75.4 cm³/mol. The maximum Gasteiger partial charge on any atom is 0.0773 e. The monoisotopic (exact) mass is 240 g/mol. The van der Waals surface area contributed by atoms with Crippen molar-refractivity contribution < 1.29 is 4.74 Å². The van der Waals surface area contributed by atoms with Crippen molar-refractivity contribution in [1.82, 2.24) is 9.80 Å². The Hall–Kier alpha value is -0.640. The summed E-state index contributed by atoms with van der Waals surface area (Å²) in [5.74, 6) is 0. The Bertz CT molecular complexity index is 192. The largest absolute Gasteiger partial charge is 0.367 e. The second kappa shape index (κ2) is 9.40. The molecule has 0 rings (SSSR count). The van der Waals surface area contributed by atoms with Crippen LogP contribution in [0, 0.1) is 0 Å². The van der Waals surface area contributed by atoms with E-state index in [1.807, 2.05) is 12.2 Å². The zero-order valence-corrected chi connectivity index (χ0v) is 11.9. The number of hydrogen-bond donors (Lipinski definition) is 0. The first-order valence-electron chi connectivity index (χ1n) is 6.19. The Morgan fingerprint density at radius 1 is 0.882 bits per heavy atom. The zero-order chi connectivity index (χ0) is 13.3. The van der Waals surface area contributed by atoms with Gasteiger partial charge in [0, 0.05) is 13.1 Å². The van der Waals surface area contributed by atoms with E-state index in [0.717, 1.165) is 25.9 Å². The minimum atomic E-state index is 0.113. The fraction of sp³-hybridized carbons (Fsp3) is 0.714. The van der Waals surface area contributed by atoms with Crippen molar-refractivity contribution >= 4 is 0 Å². The fourth-order valence-corrected chi connectivity index (χ4v) is 1.48. The van der Waals surface area contributed by atoms with E-state index in [0.29, 0.717) is 0 Å². The first-order valence-corrected chi connectivity index (χ1v) is 6.19. The van der Waals surface area contributed by atoms with Crippen LogP contribution in [0.1, 0.15) is 12.8 Å². The van der Waals surface area contributed by atoms with E-state index in [9.17, 15) is 0 Å². The highest BCUT2D eigenvalue weighted by atomic mass is 16.5. The van der Waals surface area contributed by atoms with Crippen LogP contribution in [0.2, 0.25) is 0 Å². The molecule has 17 heavy (non-hydrogen) atoms. The van der Waals surface area contributed by atoms with Gasteiger partial charge in [-0.3, -0.25) is 0 Å². The molecule has 0 aliphatic heterocycles. The molecule has 0 aromatic rings. The van der Waals surface area contributed by atoms with Crippen LogP contribution in [-0.2, 0) is 4.74 Å². The van der Waals surface area contributed by atoms with Gasteiger partial charge in [0.1, 0.15) is 0 Å². The third kappa shape index (κ3) is 9.10. The molecular formula is C14H28N2O. The predicted octanol–water partition coefficient (Wildman–Crippen LogP) is 2.02. The van der Waals surface area contributed by atoms with Crippen molar-refractivity contribution in [3.05, 3.63) is 25.3 Å². The van der Waals surface area contributed by atoms with Crippen molar-refractivity contribution in [3.8, 4) is 0 Å². The summed E-state index contributed by atoms with van der Waals surface area (Å²) >= 11 is 0. The number of nitrogens with zero attached hydrogens (tertiary/aromatic N) is 2. The molecular weight excluding hydrogens is 212 g/mol. The third-order valence-electron chi connectivity index (χ3n) is 2.60. The molecule has 0 aliphatic rings. The summed E-state index contributed by atoms with van der Waals surface area (Å²) < 4.78 is 5.96. The smallest absolute Gasteiger partial charge is 0.0773 e. The number of rotatable bonds is 10. The summed E-state index contributed by atoms with van der Waals surface area (Å²) in [7, 11) is 8.27. The molecule has 0 saturated carbocycles. The molecule has 2 atom stereocenters. The lowest BCUT2D eigenvalue weighted by molar-refractivity contribution is 0.0260. The van der Waals surface area contributed by atoms with Gasteiger partial charge < -0.3 is 14.5 Å². The van der Waals surface area contributed by atoms with Crippen LogP contribution < -0.4 is 0 Å². The van der Waals surface area contributed by atoms with Gasteiger partial charge in [0.2, 0.25) is 0 Å². The van der Waals surface area contributed by atoms with Crippen molar-refractivity contribution in [3.63, 3.8) is 0 Å². The molecule has 3 nitrogen and oxygen atoms in total. The van der Waals surface area contributed by atoms with Crippen LogP contribution in [0.3, 0.4) is 0 Å². The molecule has 0 aromatic carbocycles. The van der Waals surface area contributed by atoms with E-state index < -0.39 is 0 Å². The Morgan fingerprint density at radius 3 is 1.47 bits per heavy atom. The number of hydrogen-bond acceptors (Lipinski definition) is 3. The SMILES string of the molecule is C=CC(CCN(C)C)OC(C=C)CCN(C)C. The molecule has 0 fully saturated rings. The van der Waals surface area contributed by atoms with Gasteiger partial charge in [-0.1, -0.05) is 12.2 Å². The van der Waals surface area contributed by atoms with E-state index in [1.165, 1.54) is 0 Å². The molecule has 0 aliphatic carbocycles. The van der Waals surface area contributed by atoms with E-state index in [2.05, 4.69) is 51.1 Å². The van der Waals surface area contributed by atoms with Gasteiger partial charge in [0.25, 0.3) is 0 Å². The van der Waals surface area contributed by atoms with Crippen LogP contribution in [0.25, 0.3) is 0 Å². The van der Waals surface area contributed by atoms with Gasteiger partial charge in [0.05, 0.1) is 12.2 Å². The molecule has 0 heterocycles. The fourth-order valence-electron chi connectivity index (χ4n) is 1.48. The van der Waals surface area contributed by atoms with E-state index in [4.69, 9.17) is 4.74 Å². The van der Waals surface area contributed by atoms with Crippen molar-refractivity contribution in [2.24, 2.45) is 0 Å². The quantitative estimate of drug-likeness (QED) is 0.543. The van der Waals surface area contributed by atoms with Crippen molar-refractivity contribution in [1.29, 1.82) is 0 Å². The third-order valence-corrected chi connectivity index (χ3v) is 2.60. The summed E-state index contributed by atoms with van der Waals surface area (Å²) in [4.78, 5) is 4.31. The van der Waals surface area contributed by atoms with Gasteiger partial charge >= 0.3 is 0 Å². The summed E-state index contributed by atoms with van der Waals surface area (Å²) in [6.45, 7) is 9.68. The first-order chi connectivity index (χ1) is 7.99. The van der Waals surface area contributed by atoms with Gasteiger partial charge in [-0.2, -0.15) is 0 Å². The van der Waals surface area contributed by atoms with Crippen molar-refractivity contribution in [2.45, 2.75) is 25.0 Å². The first kappa shape index (κ1) is 16.4. The second-order valence-electron chi connectivity index (χ2n) is 4.87. The molecule has 0 radical (unpaired) electrons. The van der Waals surface area contributed by atoms with Crippen LogP contribution in [0.4, 0.5) is 0 Å². The standard InChI is InChI=1S/C14H28N2O/c1-7-13(9-11-15(3)4)17-14(8-2)10-12-16(5)6/h7-8,13-14H,1-2,9-12H2,3-6H3. The second-order valence-corrected chi connectivity index (χ2v) is 4.87. The molecule has 0 bridgehead atoms. The number of ether oxygens (including phenoxy) is 1. The topological polar surface area (TPSA) is 15.7 Å². The van der Waals surface area contributed by atoms with Crippen LogP contribution in [0.15, 0.2) is 25.3 Å². The lowest BCUT2D eigenvalue weighted by Crippen LogP contribution is -2.26. The molecule has 0 spiro atoms. The Morgan fingerprint density at radius 2 is 1.24 bits per heavy atom. The highest BCUT2D eigenvalue weighted by molar-refractivity contribution is 4.87. The minimum Gasteiger partial charge on any atom is -0.367 e. The summed E-state index contributed by atoms with van der Waals surface area (Å²) in [5.41, 5.74) is 0. The molecule has 2 unspecified atom stereocenters. The van der Waals surface area contributed by atoms with Crippen molar-refractivity contribution in [2.75, 3.05) is 41.3 Å². The van der Waals surface area contributed by atoms with Crippen LogP contribution in [0.5, 0.6) is 0 Å². The van der Waals surface area contributed by atoms with E-state index in [1.54, 1.807) is 0 Å². The maximum atomic E-state index is 5.96. The van der Waals surface area contributed by atoms with Gasteiger partial charge in [-0.05, 0) is 41.0 Å². The molecule has 0 N–H and O–H groups in total. The molecule has 0 amide bonds. The normalized spacial score (nSPS) is 14.9. The highest BCUT2D eigenvalue weighted by Crippen LogP contribution is 2.09.